The van der Waals surface area contributed by atoms with Crippen molar-refractivity contribution in [2.24, 2.45) is 16.2 Å². The SMILES string of the molecule is [2H]CC(C)(C)C(=O)O[C@H]1[C@H](OC(=O)C(C)(C)C[2H])[C@@H](OC(=O)C(C)(C)C[2H])C(OC)O[C@@H]1CBr. The monoisotopic (exact) mass is 511 g/mol. The first-order valence-corrected chi connectivity index (χ1v) is 11.0. The van der Waals surface area contributed by atoms with Crippen LogP contribution in [0.4, 0.5) is 0 Å². The van der Waals surface area contributed by atoms with Gasteiger partial charge in [0.15, 0.2) is 24.6 Å². The molecule has 1 aliphatic heterocycles. The van der Waals surface area contributed by atoms with Crippen LogP contribution in [-0.4, -0.2) is 61.1 Å². The first-order valence-electron chi connectivity index (χ1n) is 12.0. The second-order valence-corrected chi connectivity index (χ2v) is 10.3. The number of ether oxygens (including phenoxy) is 5. The van der Waals surface area contributed by atoms with Gasteiger partial charge in [0.2, 0.25) is 0 Å². The van der Waals surface area contributed by atoms with Gasteiger partial charge in [-0.3, -0.25) is 14.4 Å². The molecule has 0 radical (unpaired) electrons. The molecule has 0 aliphatic carbocycles. The van der Waals surface area contributed by atoms with Gasteiger partial charge in [-0.1, -0.05) is 15.9 Å². The van der Waals surface area contributed by atoms with Crippen LogP contribution < -0.4 is 0 Å². The van der Waals surface area contributed by atoms with Gasteiger partial charge in [-0.05, 0) is 62.2 Å². The fourth-order valence-electron chi connectivity index (χ4n) is 2.44. The molecule has 0 aromatic heterocycles. The highest BCUT2D eigenvalue weighted by molar-refractivity contribution is 9.09. The molecule has 0 aromatic carbocycles. The summed E-state index contributed by atoms with van der Waals surface area (Å²) >= 11 is 3.31. The van der Waals surface area contributed by atoms with Crippen LogP contribution >= 0.6 is 15.9 Å². The summed E-state index contributed by atoms with van der Waals surface area (Å²) in [4.78, 5) is 38.6. The maximum atomic E-state index is 12.9. The molecule has 1 unspecified atom stereocenters. The normalized spacial score (nSPS) is 28.6. The van der Waals surface area contributed by atoms with Crippen molar-refractivity contribution in [1.82, 2.24) is 0 Å². The van der Waals surface area contributed by atoms with Gasteiger partial charge in [0.25, 0.3) is 0 Å². The van der Waals surface area contributed by atoms with Crippen LogP contribution in [0.5, 0.6) is 0 Å². The van der Waals surface area contributed by atoms with E-state index in [1.165, 1.54) is 34.8 Å². The van der Waals surface area contributed by atoms with Crippen LogP contribution in [0, 0.1) is 16.2 Å². The highest BCUT2D eigenvalue weighted by atomic mass is 79.9. The Morgan fingerprint density at radius 3 is 1.55 bits per heavy atom. The Kier molecular flexibility index (Phi) is 7.54. The average molecular weight is 512 g/mol. The summed E-state index contributed by atoms with van der Waals surface area (Å²) in [5.41, 5.74) is -3.50. The summed E-state index contributed by atoms with van der Waals surface area (Å²) in [6, 6.07) is 0. The maximum absolute atomic E-state index is 12.9. The van der Waals surface area contributed by atoms with Gasteiger partial charge in [-0.25, -0.2) is 0 Å². The predicted molar refractivity (Wildman–Crippen MR) is 117 cm³/mol. The fraction of sp³-hybridized carbons (Fsp3) is 0.864. The smallest absolute Gasteiger partial charge is 0.311 e. The van der Waals surface area contributed by atoms with Crippen LogP contribution in [0.1, 0.15) is 66.4 Å². The molecule has 8 nitrogen and oxygen atoms in total. The minimum absolute atomic E-state index is 0.168. The van der Waals surface area contributed by atoms with E-state index in [2.05, 4.69) is 15.9 Å². The Morgan fingerprint density at radius 1 is 0.806 bits per heavy atom. The molecular formula is C22H37BrO8. The third-order valence-electron chi connectivity index (χ3n) is 4.36. The van der Waals surface area contributed by atoms with Crippen LogP contribution in [0.15, 0.2) is 0 Å². The van der Waals surface area contributed by atoms with E-state index in [9.17, 15) is 14.4 Å². The van der Waals surface area contributed by atoms with Crippen LogP contribution in [0.25, 0.3) is 0 Å². The largest absolute Gasteiger partial charge is 0.455 e. The van der Waals surface area contributed by atoms with Crippen LogP contribution in [-0.2, 0) is 38.1 Å². The molecule has 5 atom stereocenters. The van der Waals surface area contributed by atoms with Crippen molar-refractivity contribution < 1.29 is 42.2 Å². The van der Waals surface area contributed by atoms with E-state index >= 15 is 0 Å². The van der Waals surface area contributed by atoms with E-state index in [1.807, 2.05) is 0 Å². The van der Waals surface area contributed by atoms with Crippen molar-refractivity contribution >= 4 is 33.8 Å². The topological polar surface area (TPSA) is 97.4 Å². The summed E-state index contributed by atoms with van der Waals surface area (Å²) in [6.45, 7) is 8.46. The number of esters is 3. The lowest BCUT2D eigenvalue weighted by atomic mass is 9.93. The number of carbonyl (C=O) groups excluding carboxylic acids is 3. The lowest BCUT2D eigenvalue weighted by Gasteiger charge is -2.45. The second-order valence-electron chi connectivity index (χ2n) is 9.69. The molecular weight excluding hydrogens is 472 g/mol. The number of carbonyl (C=O) groups is 3. The van der Waals surface area contributed by atoms with E-state index in [0.29, 0.717) is 0 Å². The standard InChI is InChI=1S/C22H37BrO8/c1-20(2,3)17(24)29-13-12(11-23)28-16(27-10)15(31-19(26)22(7,8)9)14(13)30-18(25)21(4,5)6/h12-16H,11H2,1-10H3/t12-,13-,14+,15-,16?/m1/s1/i1D,4D,7D. The molecule has 1 rings (SSSR count). The first kappa shape index (κ1) is 23.0. The second kappa shape index (κ2) is 10.2. The van der Waals surface area contributed by atoms with Gasteiger partial charge in [0, 0.05) is 16.6 Å². The summed E-state index contributed by atoms with van der Waals surface area (Å²) in [5.74, 6) is -2.21. The van der Waals surface area contributed by atoms with Gasteiger partial charge in [0.05, 0.1) is 16.2 Å². The summed E-state index contributed by atoms with van der Waals surface area (Å²) in [6.07, 6.45) is -5.85. The maximum Gasteiger partial charge on any atom is 0.311 e. The van der Waals surface area contributed by atoms with E-state index in [0.717, 1.165) is 0 Å². The van der Waals surface area contributed by atoms with Gasteiger partial charge in [-0.15, -0.1) is 0 Å². The van der Waals surface area contributed by atoms with Gasteiger partial charge in [-0.2, -0.15) is 0 Å². The molecule has 9 heteroatoms. The molecule has 0 saturated carbocycles. The van der Waals surface area contributed by atoms with E-state index < -0.39 is 64.9 Å². The van der Waals surface area contributed by atoms with Crippen LogP contribution in [0.2, 0.25) is 0 Å². The summed E-state index contributed by atoms with van der Waals surface area (Å²) in [5, 5.41) is 0.168. The summed E-state index contributed by atoms with van der Waals surface area (Å²) in [7, 11) is 1.33. The zero-order chi connectivity index (χ0) is 26.5. The Hall–Kier alpha value is -1.19. The highest BCUT2D eigenvalue weighted by Gasteiger charge is 2.54. The number of hydrogen-bond donors (Lipinski definition) is 0. The minimum Gasteiger partial charge on any atom is -0.455 e. The lowest BCUT2D eigenvalue weighted by molar-refractivity contribution is -0.298. The Labute approximate surface area is 198 Å². The Bertz CT molecular complexity index is 687. The first-order chi connectivity index (χ1) is 15.6. The number of alkyl halides is 1. The Balaban J connectivity index is 3.51. The number of methoxy groups -OCH3 is 1. The quantitative estimate of drug-likeness (QED) is 0.313. The highest BCUT2D eigenvalue weighted by Crippen LogP contribution is 2.34. The molecule has 0 spiro atoms. The molecule has 1 aliphatic rings. The van der Waals surface area contributed by atoms with Crippen molar-refractivity contribution in [1.29, 1.82) is 0 Å². The molecule has 0 N–H and O–H groups in total. The average Bonchev–Trinajstić information content (AvgIpc) is 2.80. The van der Waals surface area contributed by atoms with Crippen molar-refractivity contribution in [3.05, 3.63) is 0 Å². The van der Waals surface area contributed by atoms with Gasteiger partial charge in [0.1, 0.15) is 6.10 Å². The van der Waals surface area contributed by atoms with Crippen molar-refractivity contribution in [3.63, 3.8) is 0 Å². The summed E-state index contributed by atoms with van der Waals surface area (Å²) < 4.78 is 51.3. The van der Waals surface area contributed by atoms with Crippen LogP contribution in [0.3, 0.4) is 0 Å². The van der Waals surface area contributed by atoms with E-state index in [1.54, 1.807) is 13.8 Å². The van der Waals surface area contributed by atoms with E-state index in [-0.39, 0.29) is 26.0 Å². The number of halogens is 1. The third kappa shape index (κ3) is 7.43. The zero-order valence-electron chi connectivity index (χ0n) is 22.4. The van der Waals surface area contributed by atoms with Gasteiger partial charge >= 0.3 is 17.9 Å². The fourth-order valence-corrected chi connectivity index (χ4v) is 2.96. The molecule has 0 amide bonds. The van der Waals surface area contributed by atoms with Gasteiger partial charge < -0.3 is 23.7 Å². The number of rotatable bonds is 5. The van der Waals surface area contributed by atoms with Crippen molar-refractivity contribution in [2.75, 3.05) is 12.4 Å². The molecule has 1 saturated heterocycles. The lowest BCUT2D eigenvalue weighted by Crippen LogP contribution is -2.63. The molecule has 180 valence electrons. The molecule has 1 fully saturated rings. The van der Waals surface area contributed by atoms with Crippen molar-refractivity contribution in [3.8, 4) is 0 Å². The molecule has 31 heavy (non-hydrogen) atoms. The Morgan fingerprint density at radius 2 is 1.19 bits per heavy atom. The zero-order valence-corrected chi connectivity index (χ0v) is 20.9. The molecule has 0 bridgehead atoms. The molecule has 1 heterocycles. The minimum atomic E-state index is -1.32. The van der Waals surface area contributed by atoms with Crippen molar-refractivity contribution in [2.45, 2.75) is 92.9 Å². The van der Waals surface area contributed by atoms with E-state index in [4.69, 9.17) is 27.8 Å². The third-order valence-corrected chi connectivity index (χ3v) is 5.00. The predicted octanol–water partition coefficient (Wildman–Crippen LogP) is 3.63. The number of hydrogen-bond acceptors (Lipinski definition) is 8. The molecule has 0 aromatic rings.